The lowest BCUT2D eigenvalue weighted by Gasteiger charge is -2.20. The van der Waals surface area contributed by atoms with Gasteiger partial charge >= 0.3 is 0 Å². The Kier molecular flexibility index (Phi) is 3.83. The molecule has 7 heteroatoms. The Balaban J connectivity index is 2.54. The van der Waals surface area contributed by atoms with Crippen molar-refractivity contribution in [2.75, 3.05) is 4.90 Å². The Bertz CT molecular complexity index is 664. The van der Waals surface area contributed by atoms with Gasteiger partial charge in [0.15, 0.2) is 17.8 Å². The van der Waals surface area contributed by atoms with E-state index in [1.807, 2.05) is 26.8 Å². The lowest BCUT2D eigenvalue weighted by molar-refractivity contribution is -0.115. The fourth-order valence-electron chi connectivity index (χ4n) is 2.23. The number of rotatable bonds is 2. The van der Waals surface area contributed by atoms with Crippen molar-refractivity contribution in [3.05, 3.63) is 21.9 Å². The molecule has 1 aliphatic heterocycles. The van der Waals surface area contributed by atoms with E-state index in [1.165, 1.54) is 0 Å². The van der Waals surface area contributed by atoms with Gasteiger partial charge in [-0.05, 0) is 6.42 Å². The van der Waals surface area contributed by atoms with Crippen molar-refractivity contribution in [3.8, 4) is 6.07 Å². The van der Waals surface area contributed by atoms with E-state index in [0.717, 1.165) is 4.90 Å². The van der Waals surface area contributed by atoms with E-state index in [-0.39, 0.29) is 16.4 Å². The molecule has 1 aromatic rings. The highest BCUT2D eigenvalue weighted by Gasteiger charge is 2.42. The molecule has 21 heavy (non-hydrogen) atoms. The number of anilines is 1. The Morgan fingerprint density at radius 3 is 2.57 bits per heavy atom. The third-order valence-corrected chi connectivity index (χ3v) is 3.73. The number of aliphatic hydroxyl groups excluding tert-OH is 1. The van der Waals surface area contributed by atoms with E-state index in [2.05, 4.69) is 5.16 Å². The predicted octanol–water partition coefficient (Wildman–Crippen LogP) is 2.41. The zero-order valence-corrected chi connectivity index (χ0v) is 13.0. The summed E-state index contributed by atoms with van der Waals surface area (Å²) in [7, 11) is 0. The second-order valence-electron chi connectivity index (χ2n) is 5.81. The molecule has 0 saturated carbocycles. The van der Waals surface area contributed by atoms with Crippen molar-refractivity contribution in [2.24, 2.45) is 0 Å². The SMILES string of the molecule is CCC1=C(Cl)C(=O)N(c2noc(C(C)(C)C)c2C#N)C1O. The zero-order valence-electron chi connectivity index (χ0n) is 12.3. The molecule has 0 saturated heterocycles. The summed E-state index contributed by atoms with van der Waals surface area (Å²) in [5, 5.41) is 23.4. The molecule has 2 heterocycles. The van der Waals surface area contributed by atoms with Gasteiger partial charge in [0.05, 0.1) is 0 Å². The Morgan fingerprint density at radius 2 is 2.14 bits per heavy atom. The number of hydrogen-bond donors (Lipinski definition) is 1. The van der Waals surface area contributed by atoms with Crippen LogP contribution in [-0.2, 0) is 10.2 Å². The zero-order chi connectivity index (χ0) is 15.9. The highest BCUT2D eigenvalue weighted by molar-refractivity contribution is 6.45. The normalized spacial score (nSPS) is 19.4. The van der Waals surface area contributed by atoms with E-state index < -0.39 is 17.6 Å². The van der Waals surface area contributed by atoms with Gasteiger partial charge in [-0.3, -0.25) is 9.69 Å². The molecule has 112 valence electrons. The molecule has 1 atom stereocenters. The van der Waals surface area contributed by atoms with Crippen LogP contribution in [0.3, 0.4) is 0 Å². The number of carbonyl (C=O) groups is 1. The van der Waals surface area contributed by atoms with Crippen LogP contribution < -0.4 is 4.90 Å². The van der Waals surface area contributed by atoms with Crippen LogP contribution in [0.15, 0.2) is 15.1 Å². The summed E-state index contributed by atoms with van der Waals surface area (Å²) < 4.78 is 5.23. The Hall–Kier alpha value is -1.84. The molecular weight excluding hydrogens is 294 g/mol. The number of aliphatic hydroxyl groups is 1. The van der Waals surface area contributed by atoms with Crippen molar-refractivity contribution >= 4 is 23.3 Å². The number of amides is 1. The quantitative estimate of drug-likeness (QED) is 0.906. The molecule has 0 radical (unpaired) electrons. The maximum Gasteiger partial charge on any atom is 0.273 e. The minimum atomic E-state index is -1.22. The third kappa shape index (κ3) is 2.33. The molecule has 0 fully saturated rings. The van der Waals surface area contributed by atoms with Crippen molar-refractivity contribution in [1.29, 1.82) is 5.26 Å². The average Bonchev–Trinajstić information content (AvgIpc) is 2.90. The topological polar surface area (TPSA) is 90.4 Å². The van der Waals surface area contributed by atoms with Gasteiger partial charge in [0, 0.05) is 11.0 Å². The van der Waals surface area contributed by atoms with Crippen molar-refractivity contribution in [3.63, 3.8) is 0 Å². The first kappa shape index (κ1) is 15.5. The summed E-state index contributed by atoms with van der Waals surface area (Å²) in [6.45, 7) is 7.38. The van der Waals surface area contributed by atoms with Crippen LogP contribution in [0.2, 0.25) is 0 Å². The molecule has 6 nitrogen and oxygen atoms in total. The van der Waals surface area contributed by atoms with Gasteiger partial charge in [-0.1, -0.05) is 44.5 Å². The fourth-order valence-corrected chi connectivity index (χ4v) is 2.55. The fraction of sp³-hybridized carbons (Fsp3) is 0.500. The standard InChI is InChI=1S/C14H16ClN3O3/c1-5-7-9(15)13(20)18(12(7)19)11-8(6-16)10(21-17-11)14(2,3)4/h12,19H,5H2,1-4H3. The highest BCUT2D eigenvalue weighted by Crippen LogP contribution is 2.37. The van der Waals surface area contributed by atoms with Gasteiger partial charge in [-0.25, -0.2) is 0 Å². The molecule has 0 aromatic carbocycles. The summed E-state index contributed by atoms with van der Waals surface area (Å²) in [6.07, 6.45) is -0.797. The van der Waals surface area contributed by atoms with Crippen LogP contribution in [0.25, 0.3) is 0 Å². The first-order chi connectivity index (χ1) is 9.73. The molecule has 1 N–H and O–H groups in total. The van der Waals surface area contributed by atoms with Crippen LogP contribution in [0.5, 0.6) is 0 Å². The van der Waals surface area contributed by atoms with Crippen LogP contribution in [0.1, 0.15) is 45.4 Å². The number of hydrogen-bond acceptors (Lipinski definition) is 5. The summed E-state index contributed by atoms with van der Waals surface area (Å²) >= 11 is 5.95. The second-order valence-corrected chi connectivity index (χ2v) is 6.19. The highest BCUT2D eigenvalue weighted by atomic mass is 35.5. The van der Waals surface area contributed by atoms with Crippen molar-refractivity contribution in [1.82, 2.24) is 5.16 Å². The van der Waals surface area contributed by atoms with Crippen LogP contribution in [0, 0.1) is 11.3 Å². The third-order valence-electron chi connectivity index (χ3n) is 3.32. The number of aromatic nitrogens is 1. The van der Waals surface area contributed by atoms with Gasteiger partial charge in [-0.2, -0.15) is 5.26 Å². The summed E-state index contributed by atoms with van der Waals surface area (Å²) in [4.78, 5) is 13.2. The van der Waals surface area contributed by atoms with E-state index in [0.29, 0.717) is 17.8 Å². The molecule has 0 spiro atoms. The maximum atomic E-state index is 12.2. The van der Waals surface area contributed by atoms with E-state index in [1.54, 1.807) is 6.92 Å². The minimum absolute atomic E-state index is 0.00141. The molecule has 1 unspecified atom stereocenters. The van der Waals surface area contributed by atoms with Gasteiger partial charge in [0.2, 0.25) is 0 Å². The van der Waals surface area contributed by atoms with E-state index >= 15 is 0 Å². The molecule has 1 aromatic heterocycles. The molecule has 1 aliphatic rings. The summed E-state index contributed by atoms with van der Waals surface area (Å²) in [6, 6.07) is 1.99. The summed E-state index contributed by atoms with van der Waals surface area (Å²) in [5.74, 6) is -0.214. The molecule has 1 amide bonds. The monoisotopic (exact) mass is 309 g/mol. The maximum absolute atomic E-state index is 12.2. The molecular formula is C14H16ClN3O3. The lowest BCUT2D eigenvalue weighted by Crippen LogP contribution is -2.36. The van der Waals surface area contributed by atoms with Gasteiger partial charge in [0.25, 0.3) is 5.91 Å². The van der Waals surface area contributed by atoms with Crippen molar-refractivity contribution < 1.29 is 14.4 Å². The number of nitrogens with zero attached hydrogens (tertiary/aromatic N) is 3. The van der Waals surface area contributed by atoms with Gasteiger partial charge in [-0.15, -0.1) is 0 Å². The van der Waals surface area contributed by atoms with Crippen LogP contribution >= 0.6 is 11.6 Å². The lowest BCUT2D eigenvalue weighted by atomic mass is 9.90. The average molecular weight is 310 g/mol. The largest absolute Gasteiger partial charge is 0.369 e. The Morgan fingerprint density at radius 1 is 1.52 bits per heavy atom. The molecule has 0 bridgehead atoms. The number of halogens is 1. The predicted molar refractivity (Wildman–Crippen MR) is 76.6 cm³/mol. The first-order valence-corrected chi connectivity index (χ1v) is 6.92. The van der Waals surface area contributed by atoms with Gasteiger partial charge < -0.3 is 9.63 Å². The van der Waals surface area contributed by atoms with Crippen LogP contribution in [-0.4, -0.2) is 22.4 Å². The number of nitriles is 1. The van der Waals surface area contributed by atoms with Gasteiger partial charge in [0.1, 0.15) is 16.7 Å². The minimum Gasteiger partial charge on any atom is -0.369 e. The molecule has 0 aliphatic carbocycles. The van der Waals surface area contributed by atoms with Crippen molar-refractivity contribution in [2.45, 2.75) is 45.8 Å². The molecule has 2 rings (SSSR count). The Labute approximate surface area is 127 Å². The first-order valence-electron chi connectivity index (χ1n) is 6.54. The van der Waals surface area contributed by atoms with E-state index in [4.69, 9.17) is 16.1 Å². The second kappa shape index (κ2) is 5.17. The summed E-state index contributed by atoms with van der Waals surface area (Å²) in [5.41, 5.74) is 0.0945. The van der Waals surface area contributed by atoms with Crippen LogP contribution in [0.4, 0.5) is 5.82 Å². The van der Waals surface area contributed by atoms with E-state index in [9.17, 15) is 15.2 Å². The smallest absolute Gasteiger partial charge is 0.273 e. The number of carbonyl (C=O) groups excluding carboxylic acids is 1.